The van der Waals surface area contributed by atoms with Crippen LogP contribution in [-0.4, -0.2) is 49.2 Å². The summed E-state index contributed by atoms with van der Waals surface area (Å²) in [5, 5.41) is 4.93. The highest BCUT2D eigenvalue weighted by Gasteiger charge is 2.33. The number of methoxy groups -OCH3 is 3. The van der Waals surface area contributed by atoms with E-state index in [4.69, 9.17) is 30.5 Å². The van der Waals surface area contributed by atoms with Crippen LogP contribution >= 0.6 is 11.6 Å². The third-order valence-corrected chi connectivity index (χ3v) is 4.72. The van der Waals surface area contributed by atoms with Gasteiger partial charge in [0.2, 0.25) is 0 Å². The first-order valence-electron chi connectivity index (χ1n) is 9.72. The molecule has 168 valence electrons. The second-order valence-electron chi connectivity index (χ2n) is 6.95. The van der Waals surface area contributed by atoms with Crippen LogP contribution in [0.25, 0.3) is 16.9 Å². The van der Waals surface area contributed by atoms with Crippen LogP contribution in [0.3, 0.4) is 0 Å². The number of carbonyl (C=O) groups excluding carboxylic acids is 2. The Morgan fingerprint density at radius 2 is 1.66 bits per heavy atom. The minimum Gasteiger partial charge on any atom is -0.493 e. The third kappa shape index (κ3) is 4.40. The summed E-state index contributed by atoms with van der Waals surface area (Å²) in [6, 6.07) is 12.1. The second kappa shape index (κ2) is 9.74. The Morgan fingerprint density at radius 3 is 2.22 bits per heavy atom. The molecule has 0 aliphatic rings. The molecule has 3 rings (SSSR count). The van der Waals surface area contributed by atoms with Crippen molar-refractivity contribution in [3.63, 3.8) is 0 Å². The number of esters is 2. The van der Waals surface area contributed by atoms with Gasteiger partial charge in [0.15, 0.2) is 17.2 Å². The van der Waals surface area contributed by atoms with Crippen molar-refractivity contribution in [2.75, 3.05) is 21.3 Å². The molecule has 8 nitrogen and oxygen atoms in total. The fourth-order valence-electron chi connectivity index (χ4n) is 3.20. The van der Waals surface area contributed by atoms with Crippen LogP contribution in [0.4, 0.5) is 0 Å². The smallest absolute Gasteiger partial charge is 0.357 e. The number of rotatable bonds is 7. The molecule has 0 N–H and O–H groups in total. The molecule has 0 atom stereocenters. The lowest BCUT2D eigenvalue weighted by Gasteiger charge is -2.17. The zero-order chi connectivity index (χ0) is 23.4. The number of hydrogen-bond acceptors (Lipinski definition) is 7. The number of nitrogens with zero attached hydrogens (tertiary/aromatic N) is 2. The minimum atomic E-state index is -0.767. The van der Waals surface area contributed by atoms with Crippen LogP contribution in [0.5, 0.6) is 11.5 Å². The molecule has 3 aromatic rings. The topological polar surface area (TPSA) is 88.9 Å². The van der Waals surface area contributed by atoms with Gasteiger partial charge in [-0.15, -0.1) is 0 Å². The lowest BCUT2D eigenvalue weighted by atomic mass is 10.0. The molecule has 1 heterocycles. The Kier molecular flexibility index (Phi) is 7.05. The van der Waals surface area contributed by atoms with Gasteiger partial charge < -0.3 is 18.9 Å². The quantitative estimate of drug-likeness (QED) is 0.479. The molecule has 0 fully saturated rings. The highest BCUT2D eigenvalue weighted by Crippen LogP contribution is 2.43. The number of halogens is 1. The van der Waals surface area contributed by atoms with Gasteiger partial charge >= 0.3 is 11.9 Å². The molecule has 0 saturated heterocycles. The van der Waals surface area contributed by atoms with Gasteiger partial charge in [0.1, 0.15) is 11.3 Å². The largest absolute Gasteiger partial charge is 0.493 e. The average Bonchev–Trinajstić information content (AvgIpc) is 3.19. The number of para-hydroxylation sites is 1. The first-order valence-corrected chi connectivity index (χ1v) is 10.1. The van der Waals surface area contributed by atoms with Crippen LogP contribution in [0.2, 0.25) is 5.02 Å². The first kappa shape index (κ1) is 23.1. The molecule has 0 radical (unpaired) electrons. The molecule has 0 spiro atoms. The first-order chi connectivity index (χ1) is 15.3. The standard InChI is InChI=1S/C23H23ClN2O6/c1-13(2)32-21-16(11-14(24)12-17(21)29-3)19-18(22(27)30-4)20(23(28)31-5)26(25-19)15-9-7-6-8-10-15/h6-13H,1-5H3. The zero-order valence-corrected chi connectivity index (χ0v) is 19.1. The summed E-state index contributed by atoms with van der Waals surface area (Å²) in [4.78, 5) is 25.7. The number of benzene rings is 2. The predicted octanol–water partition coefficient (Wildman–Crippen LogP) is 4.56. The molecule has 0 aliphatic heterocycles. The Labute approximate surface area is 190 Å². The number of carbonyl (C=O) groups is 2. The summed E-state index contributed by atoms with van der Waals surface area (Å²) in [6.45, 7) is 3.70. The van der Waals surface area contributed by atoms with E-state index in [-0.39, 0.29) is 23.1 Å². The van der Waals surface area contributed by atoms with Crippen molar-refractivity contribution in [2.45, 2.75) is 20.0 Å². The number of ether oxygens (including phenoxy) is 4. The zero-order valence-electron chi connectivity index (χ0n) is 18.3. The average molecular weight is 459 g/mol. The van der Waals surface area contributed by atoms with Gasteiger partial charge in [0, 0.05) is 11.1 Å². The van der Waals surface area contributed by atoms with Crippen molar-refractivity contribution in [2.24, 2.45) is 0 Å². The molecule has 0 aliphatic carbocycles. The van der Waals surface area contributed by atoms with Crippen LogP contribution in [0.1, 0.15) is 34.7 Å². The summed E-state index contributed by atoms with van der Waals surface area (Å²) in [5.74, 6) is -0.845. The highest BCUT2D eigenvalue weighted by atomic mass is 35.5. The maximum atomic E-state index is 12.9. The van der Waals surface area contributed by atoms with Gasteiger partial charge in [0.25, 0.3) is 0 Å². The van der Waals surface area contributed by atoms with E-state index in [9.17, 15) is 9.59 Å². The van der Waals surface area contributed by atoms with Crippen molar-refractivity contribution in [1.82, 2.24) is 9.78 Å². The fourth-order valence-corrected chi connectivity index (χ4v) is 3.40. The van der Waals surface area contributed by atoms with E-state index in [0.717, 1.165) is 0 Å². The SMILES string of the molecule is COC(=O)c1c(-c2cc(Cl)cc(OC)c2OC(C)C)nn(-c2ccccc2)c1C(=O)OC. The molecule has 0 bridgehead atoms. The van der Waals surface area contributed by atoms with Gasteiger partial charge in [-0.3, -0.25) is 0 Å². The number of aromatic nitrogens is 2. The summed E-state index contributed by atoms with van der Waals surface area (Å²) in [5.41, 5.74) is 0.876. The monoisotopic (exact) mass is 458 g/mol. The van der Waals surface area contributed by atoms with E-state index < -0.39 is 11.9 Å². The molecule has 0 amide bonds. The van der Waals surface area contributed by atoms with Crippen LogP contribution in [0.15, 0.2) is 42.5 Å². The van der Waals surface area contributed by atoms with Crippen LogP contribution < -0.4 is 9.47 Å². The summed E-state index contributed by atoms with van der Waals surface area (Å²) < 4.78 is 22.7. The van der Waals surface area contributed by atoms with Gasteiger partial charge in [-0.05, 0) is 32.0 Å². The Morgan fingerprint density at radius 1 is 1.00 bits per heavy atom. The van der Waals surface area contributed by atoms with Crippen molar-refractivity contribution in [3.8, 4) is 28.4 Å². The maximum Gasteiger partial charge on any atom is 0.357 e. The second-order valence-corrected chi connectivity index (χ2v) is 7.39. The summed E-state index contributed by atoms with van der Waals surface area (Å²) in [6.07, 6.45) is -0.221. The highest BCUT2D eigenvalue weighted by molar-refractivity contribution is 6.31. The van der Waals surface area contributed by atoms with Gasteiger partial charge in [-0.1, -0.05) is 29.8 Å². The van der Waals surface area contributed by atoms with Crippen molar-refractivity contribution in [1.29, 1.82) is 0 Å². The Hall–Kier alpha value is -3.52. The maximum absolute atomic E-state index is 12.9. The molecule has 32 heavy (non-hydrogen) atoms. The molecule has 0 unspecified atom stereocenters. The van der Waals surface area contributed by atoms with E-state index in [1.807, 2.05) is 19.9 Å². The van der Waals surface area contributed by atoms with E-state index >= 15 is 0 Å². The Bertz CT molecular complexity index is 1140. The van der Waals surface area contributed by atoms with E-state index in [2.05, 4.69) is 5.10 Å². The molecule has 1 aromatic heterocycles. The fraction of sp³-hybridized carbons (Fsp3) is 0.261. The lowest BCUT2D eigenvalue weighted by molar-refractivity contribution is 0.0549. The van der Waals surface area contributed by atoms with Crippen molar-refractivity contribution >= 4 is 23.5 Å². The van der Waals surface area contributed by atoms with Crippen molar-refractivity contribution in [3.05, 3.63) is 58.7 Å². The van der Waals surface area contributed by atoms with Gasteiger partial charge in [-0.25, -0.2) is 14.3 Å². The predicted molar refractivity (Wildman–Crippen MR) is 119 cm³/mol. The third-order valence-electron chi connectivity index (χ3n) is 4.50. The lowest BCUT2D eigenvalue weighted by Crippen LogP contribution is -2.15. The molecule has 2 aromatic carbocycles. The van der Waals surface area contributed by atoms with Gasteiger partial charge in [0.05, 0.1) is 38.7 Å². The van der Waals surface area contributed by atoms with Crippen molar-refractivity contribution < 1.29 is 28.5 Å². The van der Waals surface area contributed by atoms with E-state index in [1.165, 1.54) is 26.0 Å². The molecule has 9 heteroatoms. The van der Waals surface area contributed by atoms with E-state index in [0.29, 0.717) is 27.8 Å². The van der Waals surface area contributed by atoms with Gasteiger partial charge in [-0.2, -0.15) is 5.10 Å². The molecular weight excluding hydrogens is 436 g/mol. The van der Waals surface area contributed by atoms with E-state index in [1.54, 1.807) is 36.4 Å². The Balaban J connectivity index is 2.44. The minimum absolute atomic E-state index is 0.0823. The summed E-state index contributed by atoms with van der Waals surface area (Å²) in [7, 11) is 3.92. The van der Waals surface area contributed by atoms with Crippen LogP contribution in [-0.2, 0) is 9.47 Å². The normalized spacial score (nSPS) is 10.7. The molecule has 0 saturated carbocycles. The van der Waals surface area contributed by atoms with Crippen LogP contribution in [0, 0.1) is 0 Å². The number of hydrogen-bond donors (Lipinski definition) is 0. The molecular formula is C23H23ClN2O6. The summed E-state index contributed by atoms with van der Waals surface area (Å²) >= 11 is 6.33.